The zero-order chi connectivity index (χ0) is 16.5. The summed E-state index contributed by atoms with van der Waals surface area (Å²) in [6.07, 6.45) is 5.50. The third kappa shape index (κ3) is 2.82. The van der Waals surface area contributed by atoms with Gasteiger partial charge in [0.25, 0.3) is 0 Å². The first kappa shape index (κ1) is 15.0. The van der Waals surface area contributed by atoms with Crippen molar-refractivity contribution in [2.45, 2.75) is 13.5 Å². The van der Waals surface area contributed by atoms with E-state index in [1.165, 1.54) is 5.56 Å². The van der Waals surface area contributed by atoms with E-state index in [0.29, 0.717) is 0 Å². The zero-order valence-corrected chi connectivity index (χ0v) is 14.1. The first-order valence-electron chi connectivity index (χ1n) is 8.22. The van der Waals surface area contributed by atoms with Crippen LogP contribution in [0.5, 0.6) is 0 Å². The van der Waals surface area contributed by atoms with E-state index in [2.05, 4.69) is 36.9 Å². The Balaban J connectivity index is 1.46. The van der Waals surface area contributed by atoms with Crippen molar-refractivity contribution in [1.82, 2.24) is 29.4 Å². The summed E-state index contributed by atoms with van der Waals surface area (Å²) in [5.41, 5.74) is 4.07. The molecule has 0 bridgehead atoms. The topological polar surface area (TPSA) is 63.0 Å². The van der Waals surface area contributed by atoms with E-state index in [4.69, 9.17) is 4.98 Å². The molecule has 0 spiro atoms. The molecule has 1 fully saturated rings. The van der Waals surface area contributed by atoms with E-state index in [0.717, 1.165) is 55.5 Å². The summed E-state index contributed by atoms with van der Waals surface area (Å²) in [4.78, 5) is 22.5. The lowest BCUT2D eigenvalue weighted by Gasteiger charge is -2.34. The second-order valence-electron chi connectivity index (χ2n) is 6.26. The van der Waals surface area contributed by atoms with Crippen molar-refractivity contribution in [3.05, 3.63) is 42.1 Å². The van der Waals surface area contributed by atoms with Crippen LogP contribution < -0.4 is 4.90 Å². The van der Waals surface area contributed by atoms with Crippen LogP contribution >= 0.6 is 0 Å². The summed E-state index contributed by atoms with van der Waals surface area (Å²) in [6.45, 7) is 6.87. The average Bonchev–Trinajstić information content (AvgIpc) is 2.98. The second-order valence-corrected chi connectivity index (χ2v) is 6.26. The minimum atomic E-state index is 0.777. The third-order valence-electron chi connectivity index (χ3n) is 4.54. The lowest BCUT2D eigenvalue weighted by atomic mass is 10.2. The van der Waals surface area contributed by atoms with Crippen LogP contribution in [0.15, 0.2) is 30.9 Å². The number of aromatic nitrogens is 5. The summed E-state index contributed by atoms with van der Waals surface area (Å²) in [6, 6.07) is 4.15. The molecule has 124 valence electrons. The zero-order valence-electron chi connectivity index (χ0n) is 14.1. The quantitative estimate of drug-likeness (QED) is 0.726. The van der Waals surface area contributed by atoms with E-state index < -0.39 is 0 Å². The summed E-state index contributed by atoms with van der Waals surface area (Å²) in [5.74, 6) is 0.794. The molecule has 7 heteroatoms. The van der Waals surface area contributed by atoms with Crippen molar-refractivity contribution in [3.63, 3.8) is 0 Å². The van der Waals surface area contributed by atoms with Gasteiger partial charge in [-0.2, -0.15) is 4.98 Å². The van der Waals surface area contributed by atoms with Gasteiger partial charge in [-0.15, -0.1) is 0 Å². The van der Waals surface area contributed by atoms with Crippen LogP contribution in [0.3, 0.4) is 0 Å². The maximum absolute atomic E-state index is 4.69. The van der Waals surface area contributed by atoms with Crippen LogP contribution in [0.2, 0.25) is 0 Å². The van der Waals surface area contributed by atoms with Gasteiger partial charge in [-0.05, 0) is 24.6 Å². The number of hydrogen-bond acceptors (Lipinski definition) is 6. The SMILES string of the molecule is Cc1nc(N2CCN(Cc3ccncc3)CC2)nc2ncn(C)c12. The molecular formula is C17H21N7. The van der Waals surface area contributed by atoms with Crippen molar-refractivity contribution in [1.29, 1.82) is 0 Å². The predicted octanol–water partition coefficient (Wildman–Crippen LogP) is 1.39. The Morgan fingerprint density at radius 3 is 2.54 bits per heavy atom. The van der Waals surface area contributed by atoms with Crippen molar-refractivity contribution in [2.24, 2.45) is 7.05 Å². The van der Waals surface area contributed by atoms with Crippen molar-refractivity contribution in [2.75, 3.05) is 31.1 Å². The van der Waals surface area contributed by atoms with Gasteiger partial charge in [0.05, 0.1) is 12.0 Å². The lowest BCUT2D eigenvalue weighted by molar-refractivity contribution is 0.248. The second kappa shape index (κ2) is 6.16. The van der Waals surface area contributed by atoms with Crippen molar-refractivity contribution in [3.8, 4) is 0 Å². The highest BCUT2D eigenvalue weighted by molar-refractivity contribution is 5.74. The number of anilines is 1. The average molecular weight is 323 g/mol. The molecule has 0 radical (unpaired) electrons. The van der Waals surface area contributed by atoms with Gasteiger partial charge in [-0.1, -0.05) is 0 Å². The molecule has 1 aliphatic rings. The fraction of sp³-hybridized carbons (Fsp3) is 0.412. The van der Waals surface area contributed by atoms with Gasteiger partial charge < -0.3 is 9.47 Å². The standard InChI is InChI=1S/C17H21N7/c1-13-15-16(19-12-22(15)2)21-17(20-13)24-9-7-23(8-10-24)11-14-3-5-18-6-4-14/h3-6,12H,7-11H2,1-2H3. The summed E-state index contributed by atoms with van der Waals surface area (Å²) in [5, 5.41) is 0. The number of fused-ring (bicyclic) bond motifs is 1. The highest BCUT2D eigenvalue weighted by Crippen LogP contribution is 2.19. The first-order valence-corrected chi connectivity index (χ1v) is 8.22. The van der Waals surface area contributed by atoms with Gasteiger partial charge in [0.1, 0.15) is 5.52 Å². The molecule has 0 unspecified atom stereocenters. The number of aryl methyl sites for hydroxylation is 2. The Morgan fingerprint density at radius 1 is 1.04 bits per heavy atom. The molecule has 0 aliphatic carbocycles. The largest absolute Gasteiger partial charge is 0.338 e. The number of rotatable bonds is 3. The number of nitrogens with zero attached hydrogens (tertiary/aromatic N) is 7. The number of hydrogen-bond donors (Lipinski definition) is 0. The maximum Gasteiger partial charge on any atom is 0.227 e. The van der Waals surface area contributed by atoms with Crippen molar-refractivity contribution >= 4 is 17.1 Å². The third-order valence-corrected chi connectivity index (χ3v) is 4.54. The van der Waals surface area contributed by atoms with E-state index in [1.54, 1.807) is 6.33 Å². The Labute approximate surface area is 141 Å². The summed E-state index contributed by atoms with van der Waals surface area (Å²) >= 11 is 0. The van der Waals surface area contributed by atoms with Crippen LogP contribution in [0.1, 0.15) is 11.3 Å². The molecule has 0 atom stereocenters. The molecule has 1 aliphatic heterocycles. The lowest BCUT2D eigenvalue weighted by Crippen LogP contribution is -2.46. The Morgan fingerprint density at radius 2 is 1.79 bits per heavy atom. The highest BCUT2D eigenvalue weighted by Gasteiger charge is 2.20. The van der Waals surface area contributed by atoms with Crippen molar-refractivity contribution < 1.29 is 0 Å². The van der Waals surface area contributed by atoms with Gasteiger partial charge in [0.2, 0.25) is 5.95 Å². The fourth-order valence-electron chi connectivity index (χ4n) is 3.23. The Hall–Kier alpha value is -2.54. The van der Waals surface area contributed by atoms with Gasteiger partial charge >= 0.3 is 0 Å². The molecule has 0 amide bonds. The number of imidazole rings is 1. The summed E-state index contributed by atoms with van der Waals surface area (Å²) in [7, 11) is 1.98. The van der Waals surface area contributed by atoms with Crippen LogP contribution in [0.4, 0.5) is 5.95 Å². The predicted molar refractivity (Wildman–Crippen MR) is 92.8 cm³/mol. The molecule has 3 aromatic rings. The number of pyridine rings is 1. The Kier molecular flexibility index (Phi) is 3.86. The molecule has 4 heterocycles. The van der Waals surface area contributed by atoms with Crippen LogP contribution in [-0.4, -0.2) is 55.6 Å². The molecule has 0 aromatic carbocycles. The molecule has 4 rings (SSSR count). The molecule has 3 aromatic heterocycles. The molecule has 1 saturated heterocycles. The van der Waals surface area contributed by atoms with Crippen LogP contribution in [-0.2, 0) is 13.6 Å². The van der Waals surface area contributed by atoms with Gasteiger partial charge in [-0.25, -0.2) is 9.97 Å². The normalized spacial score (nSPS) is 16.0. The summed E-state index contributed by atoms with van der Waals surface area (Å²) < 4.78 is 1.97. The van der Waals surface area contributed by atoms with Crippen LogP contribution in [0, 0.1) is 6.92 Å². The highest BCUT2D eigenvalue weighted by atomic mass is 15.3. The Bertz CT molecular complexity index is 835. The molecule has 7 nitrogen and oxygen atoms in total. The minimum Gasteiger partial charge on any atom is -0.338 e. The van der Waals surface area contributed by atoms with Gasteiger partial charge in [0, 0.05) is 52.2 Å². The van der Waals surface area contributed by atoms with E-state index in [-0.39, 0.29) is 0 Å². The molecule has 0 saturated carbocycles. The molecular weight excluding hydrogens is 302 g/mol. The fourth-order valence-corrected chi connectivity index (χ4v) is 3.23. The minimum absolute atomic E-state index is 0.777. The first-order chi connectivity index (χ1) is 11.7. The van der Waals surface area contributed by atoms with Gasteiger partial charge in [0.15, 0.2) is 5.65 Å². The van der Waals surface area contributed by atoms with E-state index >= 15 is 0 Å². The molecule has 24 heavy (non-hydrogen) atoms. The van der Waals surface area contributed by atoms with Gasteiger partial charge in [-0.3, -0.25) is 9.88 Å². The molecule has 0 N–H and O–H groups in total. The maximum atomic E-state index is 4.69. The monoisotopic (exact) mass is 323 g/mol. The smallest absolute Gasteiger partial charge is 0.227 e. The number of piperazine rings is 1. The van der Waals surface area contributed by atoms with E-state index in [1.807, 2.05) is 30.9 Å². The van der Waals surface area contributed by atoms with Crippen LogP contribution in [0.25, 0.3) is 11.2 Å². The van der Waals surface area contributed by atoms with E-state index in [9.17, 15) is 0 Å².